The van der Waals surface area contributed by atoms with Crippen molar-refractivity contribution in [3.8, 4) is 0 Å². The van der Waals surface area contributed by atoms with Gasteiger partial charge in [-0.15, -0.1) is 0 Å². The number of benzene rings is 2. The Morgan fingerprint density at radius 2 is 1.41 bits per heavy atom. The first-order valence-corrected chi connectivity index (χ1v) is 10.4. The molecule has 0 radical (unpaired) electrons. The molecule has 3 rings (SSSR count). The maximum absolute atomic E-state index is 13.3. The number of rotatable bonds is 4. The van der Waals surface area contributed by atoms with Crippen LogP contribution in [0.15, 0.2) is 60.7 Å². The molecule has 0 spiro atoms. The van der Waals surface area contributed by atoms with Crippen LogP contribution in [0, 0.1) is 11.3 Å². The van der Waals surface area contributed by atoms with Crippen molar-refractivity contribution in [1.29, 1.82) is 0 Å². The molecule has 4 heteroatoms. The minimum atomic E-state index is -0.629. The fourth-order valence-corrected chi connectivity index (χ4v) is 4.05. The molecule has 2 amide bonds. The van der Waals surface area contributed by atoms with E-state index in [1.165, 1.54) is 0 Å². The van der Waals surface area contributed by atoms with Gasteiger partial charge in [0, 0.05) is 18.5 Å². The molecule has 2 aromatic carbocycles. The number of carbonyl (C=O) groups excluding carboxylic acids is 2. The number of likely N-dealkylation sites (tertiary alicyclic amines) is 1. The van der Waals surface area contributed by atoms with Crippen molar-refractivity contribution in [3.63, 3.8) is 0 Å². The lowest BCUT2D eigenvalue weighted by Crippen LogP contribution is -2.52. The highest BCUT2D eigenvalue weighted by atomic mass is 16.2. The van der Waals surface area contributed by atoms with Crippen LogP contribution in [0.5, 0.6) is 0 Å². The van der Waals surface area contributed by atoms with Crippen LogP contribution in [-0.4, -0.2) is 29.8 Å². The van der Waals surface area contributed by atoms with E-state index >= 15 is 0 Å². The van der Waals surface area contributed by atoms with Crippen LogP contribution in [-0.2, 0) is 15.1 Å². The Kier molecular flexibility index (Phi) is 6.11. The second-order valence-corrected chi connectivity index (χ2v) is 9.19. The van der Waals surface area contributed by atoms with Gasteiger partial charge in [-0.3, -0.25) is 9.59 Å². The first kappa shape index (κ1) is 21.1. The molecule has 0 aliphatic carbocycles. The Balaban J connectivity index is 1.83. The molecule has 0 saturated carbocycles. The van der Waals surface area contributed by atoms with E-state index in [0.29, 0.717) is 6.54 Å². The van der Waals surface area contributed by atoms with Crippen LogP contribution in [0.1, 0.15) is 51.7 Å². The van der Waals surface area contributed by atoms with Crippen LogP contribution < -0.4 is 5.32 Å². The summed E-state index contributed by atoms with van der Waals surface area (Å²) in [6.45, 7) is 9.06. The van der Waals surface area contributed by atoms with E-state index in [4.69, 9.17) is 0 Å². The number of carbonyl (C=O) groups is 2. The second kappa shape index (κ2) is 8.40. The van der Waals surface area contributed by atoms with E-state index in [-0.39, 0.29) is 17.7 Å². The lowest BCUT2D eigenvalue weighted by molar-refractivity contribution is -0.143. The van der Waals surface area contributed by atoms with Gasteiger partial charge in [0.1, 0.15) is 0 Å². The Morgan fingerprint density at radius 3 is 1.90 bits per heavy atom. The van der Waals surface area contributed by atoms with Crippen LogP contribution in [0.3, 0.4) is 0 Å². The maximum Gasteiger partial charge on any atom is 0.227 e. The van der Waals surface area contributed by atoms with Gasteiger partial charge in [0.2, 0.25) is 11.8 Å². The van der Waals surface area contributed by atoms with Gasteiger partial charge < -0.3 is 10.2 Å². The lowest BCUT2D eigenvalue weighted by atomic mass is 9.83. The maximum atomic E-state index is 13.3. The number of amides is 2. The van der Waals surface area contributed by atoms with Gasteiger partial charge in [-0.1, -0.05) is 81.4 Å². The fourth-order valence-electron chi connectivity index (χ4n) is 4.05. The van der Waals surface area contributed by atoms with E-state index in [1.54, 1.807) is 0 Å². The van der Waals surface area contributed by atoms with Crippen molar-refractivity contribution in [2.75, 3.05) is 13.1 Å². The SMILES string of the molecule is CC(C)(C)C(=O)N1CCCC(C(=O)NC(C)(c2ccccc2)c2ccccc2)C1. The van der Waals surface area contributed by atoms with E-state index in [1.807, 2.05) is 86.3 Å². The van der Waals surface area contributed by atoms with Gasteiger partial charge in [0.15, 0.2) is 0 Å². The van der Waals surface area contributed by atoms with Crippen LogP contribution in [0.2, 0.25) is 0 Å². The van der Waals surface area contributed by atoms with Crippen molar-refractivity contribution >= 4 is 11.8 Å². The zero-order valence-corrected chi connectivity index (χ0v) is 17.9. The number of hydrogen-bond donors (Lipinski definition) is 1. The van der Waals surface area contributed by atoms with Gasteiger partial charge in [-0.25, -0.2) is 0 Å². The largest absolute Gasteiger partial charge is 0.342 e. The topological polar surface area (TPSA) is 49.4 Å². The Morgan fingerprint density at radius 1 is 0.897 bits per heavy atom. The van der Waals surface area contributed by atoms with Gasteiger partial charge in [0.05, 0.1) is 11.5 Å². The molecule has 1 aliphatic rings. The van der Waals surface area contributed by atoms with Gasteiger partial charge in [0.25, 0.3) is 0 Å². The molecule has 1 N–H and O–H groups in total. The average molecular weight is 393 g/mol. The summed E-state index contributed by atoms with van der Waals surface area (Å²) < 4.78 is 0. The summed E-state index contributed by atoms with van der Waals surface area (Å²) in [5.41, 5.74) is 1.02. The summed E-state index contributed by atoms with van der Waals surface area (Å²) in [6.07, 6.45) is 1.66. The second-order valence-electron chi connectivity index (χ2n) is 9.19. The molecule has 1 aliphatic heterocycles. The predicted octanol–water partition coefficient (Wildman–Crippen LogP) is 4.35. The molecule has 1 fully saturated rings. The molecular weight excluding hydrogens is 360 g/mol. The molecule has 0 bridgehead atoms. The molecule has 0 aromatic heterocycles. The predicted molar refractivity (Wildman–Crippen MR) is 116 cm³/mol. The highest BCUT2D eigenvalue weighted by Gasteiger charge is 2.37. The molecule has 154 valence electrons. The van der Waals surface area contributed by atoms with E-state index in [0.717, 1.165) is 30.5 Å². The van der Waals surface area contributed by atoms with Crippen molar-refractivity contribution in [2.24, 2.45) is 11.3 Å². The Hall–Kier alpha value is -2.62. The third kappa shape index (κ3) is 4.69. The van der Waals surface area contributed by atoms with Crippen LogP contribution in [0.4, 0.5) is 0 Å². The van der Waals surface area contributed by atoms with E-state index in [9.17, 15) is 9.59 Å². The van der Waals surface area contributed by atoms with Crippen molar-refractivity contribution in [2.45, 2.75) is 46.1 Å². The quantitative estimate of drug-likeness (QED) is 0.841. The smallest absolute Gasteiger partial charge is 0.227 e. The first-order chi connectivity index (χ1) is 13.7. The molecule has 1 atom stereocenters. The Bertz CT molecular complexity index is 801. The monoisotopic (exact) mass is 392 g/mol. The molecule has 1 saturated heterocycles. The van der Waals surface area contributed by atoms with Crippen molar-refractivity contribution in [1.82, 2.24) is 10.2 Å². The van der Waals surface area contributed by atoms with Crippen molar-refractivity contribution < 1.29 is 9.59 Å². The summed E-state index contributed by atoms with van der Waals surface area (Å²) in [5.74, 6) is -0.0719. The number of piperidine rings is 1. The van der Waals surface area contributed by atoms with E-state index in [2.05, 4.69) is 12.2 Å². The van der Waals surface area contributed by atoms with Gasteiger partial charge in [-0.05, 0) is 30.9 Å². The van der Waals surface area contributed by atoms with Gasteiger partial charge in [-0.2, -0.15) is 0 Å². The molecule has 2 aromatic rings. The number of hydrogen-bond acceptors (Lipinski definition) is 2. The fraction of sp³-hybridized carbons (Fsp3) is 0.440. The highest BCUT2D eigenvalue weighted by Crippen LogP contribution is 2.31. The molecule has 1 heterocycles. The van der Waals surface area contributed by atoms with Crippen molar-refractivity contribution in [3.05, 3.63) is 71.8 Å². The zero-order valence-electron chi connectivity index (χ0n) is 17.9. The first-order valence-electron chi connectivity index (χ1n) is 10.4. The number of nitrogens with zero attached hydrogens (tertiary/aromatic N) is 1. The molecule has 4 nitrogen and oxygen atoms in total. The normalized spacial score (nSPS) is 17.7. The molecule has 29 heavy (non-hydrogen) atoms. The molecule has 1 unspecified atom stereocenters. The lowest BCUT2D eigenvalue weighted by Gasteiger charge is -2.38. The molecular formula is C25H32N2O2. The minimum Gasteiger partial charge on any atom is -0.342 e. The van der Waals surface area contributed by atoms with Crippen LogP contribution in [0.25, 0.3) is 0 Å². The summed E-state index contributed by atoms with van der Waals surface area (Å²) in [6, 6.07) is 20.1. The average Bonchev–Trinajstić information content (AvgIpc) is 2.73. The minimum absolute atomic E-state index is 0.00613. The number of nitrogens with one attached hydrogen (secondary N) is 1. The Labute approximate surface area is 174 Å². The van der Waals surface area contributed by atoms with E-state index < -0.39 is 11.0 Å². The summed E-state index contributed by atoms with van der Waals surface area (Å²) in [5, 5.41) is 3.32. The highest BCUT2D eigenvalue weighted by molar-refractivity contribution is 5.84. The third-order valence-corrected chi connectivity index (χ3v) is 5.80. The third-order valence-electron chi connectivity index (χ3n) is 5.80. The summed E-state index contributed by atoms with van der Waals surface area (Å²) in [4.78, 5) is 27.9. The summed E-state index contributed by atoms with van der Waals surface area (Å²) >= 11 is 0. The van der Waals surface area contributed by atoms with Crippen LogP contribution >= 0.6 is 0 Å². The van der Waals surface area contributed by atoms with Gasteiger partial charge >= 0.3 is 0 Å². The zero-order chi connectivity index (χ0) is 21.1. The standard InChI is InChI=1S/C25H32N2O2/c1-24(2,3)23(29)27-17-11-12-19(18-27)22(28)26-25(4,20-13-7-5-8-14-20)21-15-9-6-10-16-21/h5-10,13-16,19H,11-12,17-18H2,1-4H3,(H,26,28). The summed E-state index contributed by atoms with van der Waals surface area (Å²) in [7, 11) is 0.